The van der Waals surface area contributed by atoms with Crippen molar-refractivity contribution >= 4 is 27.9 Å². The van der Waals surface area contributed by atoms with E-state index in [4.69, 9.17) is 4.74 Å². The lowest BCUT2D eigenvalue weighted by Crippen LogP contribution is -2.48. The summed E-state index contributed by atoms with van der Waals surface area (Å²) in [6, 6.07) is 16.0. The van der Waals surface area contributed by atoms with Crippen LogP contribution >= 0.6 is 15.9 Å². The van der Waals surface area contributed by atoms with E-state index in [0.717, 1.165) is 35.4 Å². The normalized spacial score (nSPS) is 18.3. The van der Waals surface area contributed by atoms with Gasteiger partial charge in [0.2, 0.25) is 5.91 Å². The fourth-order valence-corrected chi connectivity index (χ4v) is 3.61. The zero-order valence-corrected chi connectivity index (χ0v) is 16.6. The van der Waals surface area contributed by atoms with Crippen LogP contribution in [0.3, 0.4) is 0 Å². The molecular formula is C21H23BrN2O2. The maximum absolute atomic E-state index is 12.9. The molecule has 1 aliphatic heterocycles. The van der Waals surface area contributed by atoms with Crippen molar-refractivity contribution in [1.82, 2.24) is 9.80 Å². The van der Waals surface area contributed by atoms with Gasteiger partial charge in [-0.3, -0.25) is 4.79 Å². The highest BCUT2D eigenvalue weighted by atomic mass is 79.9. The minimum Gasteiger partial charge on any atom is -0.496 e. The van der Waals surface area contributed by atoms with E-state index in [1.165, 1.54) is 5.56 Å². The van der Waals surface area contributed by atoms with E-state index in [2.05, 4.69) is 40.0 Å². The van der Waals surface area contributed by atoms with Crippen LogP contribution in [0.15, 0.2) is 59.1 Å². The lowest BCUT2D eigenvalue weighted by atomic mass is 10.0. The van der Waals surface area contributed by atoms with Crippen LogP contribution in [0.1, 0.15) is 17.2 Å². The number of benzene rings is 2. The van der Waals surface area contributed by atoms with E-state index in [9.17, 15) is 4.79 Å². The van der Waals surface area contributed by atoms with Crippen molar-refractivity contribution in [3.63, 3.8) is 0 Å². The van der Waals surface area contributed by atoms with Crippen LogP contribution in [0.5, 0.6) is 5.75 Å². The number of halogens is 1. The number of piperazine rings is 1. The number of hydrogen-bond acceptors (Lipinski definition) is 3. The second-order valence-electron chi connectivity index (χ2n) is 6.44. The SMILES string of the molecule is COc1ccc(Br)cc1/C=C/C(=O)N1CCN(C)C[C@@H]1c1ccccc1. The Morgan fingerprint density at radius 3 is 2.69 bits per heavy atom. The van der Waals surface area contributed by atoms with Crippen molar-refractivity contribution < 1.29 is 9.53 Å². The Bertz CT molecular complexity index is 792. The van der Waals surface area contributed by atoms with Crippen LogP contribution in [-0.2, 0) is 4.79 Å². The molecule has 0 radical (unpaired) electrons. The lowest BCUT2D eigenvalue weighted by Gasteiger charge is -2.40. The van der Waals surface area contributed by atoms with Crippen LogP contribution in [-0.4, -0.2) is 49.5 Å². The molecule has 1 aliphatic rings. The van der Waals surface area contributed by atoms with E-state index in [1.807, 2.05) is 47.4 Å². The number of likely N-dealkylation sites (N-methyl/N-ethyl adjacent to an activating group) is 1. The fourth-order valence-electron chi connectivity index (χ4n) is 3.24. The maximum atomic E-state index is 12.9. The number of amides is 1. The predicted octanol–water partition coefficient (Wildman–Crippen LogP) is 3.99. The van der Waals surface area contributed by atoms with Crippen LogP contribution in [0.4, 0.5) is 0 Å². The van der Waals surface area contributed by atoms with Gasteiger partial charge in [-0.1, -0.05) is 46.3 Å². The molecule has 0 N–H and O–H groups in total. The second kappa shape index (κ2) is 8.52. The summed E-state index contributed by atoms with van der Waals surface area (Å²) in [7, 11) is 3.73. The van der Waals surface area contributed by atoms with Crippen molar-refractivity contribution in [1.29, 1.82) is 0 Å². The van der Waals surface area contributed by atoms with Crippen LogP contribution in [0, 0.1) is 0 Å². The van der Waals surface area contributed by atoms with Gasteiger partial charge in [0.25, 0.3) is 0 Å². The van der Waals surface area contributed by atoms with Gasteiger partial charge in [-0.05, 0) is 36.9 Å². The molecule has 2 aromatic carbocycles. The van der Waals surface area contributed by atoms with Crippen LogP contribution in [0.25, 0.3) is 6.08 Å². The molecule has 1 heterocycles. The van der Waals surface area contributed by atoms with Crippen molar-refractivity contribution in [2.75, 3.05) is 33.8 Å². The first-order valence-electron chi connectivity index (χ1n) is 8.64. The Kier molecular flexibility index (Phi) is 6.12. The van der Waals surface area contributed by atoms with E-state index in [-0.39, 0.29) is 11.9 Å². The molecule has 0 saturated carbocycles. The number of nitrogens with zero attached hydrogens (tertiary/aromatic N) is 2. The standard InChI is InChI=1S/C21H23BrN2O2/c1-23-12-13-24(19(15-23)16-6-4-3-5-7-16)21(25)11-8-17-14-18(22)9-10-20(17)26-2/h3-11,14,19H,12-13,15H2,1-2H3/b11-8+/t19-/m1/s1. The number of ether oxygens (including phenoxy) is 1. The molecule has 5 heteroatoms. The quantitative estimate of drug-likeness (QED) is 0.709. The first kappa shape index (κ1) is 18.7. The lowest BCUT2D eigenvalue weighted by molar-refractivity contribution is -0.130. The average Bonchev–Trinajstić information content (AvgIpc) is 2.67. The number of rotatable bonds is 4. The monoisotopic (exact) mass is 414 g/mol. The fraction of sp³-hybridized carbons (Fsp3) is 0.286. The van der Waals surface area contributed by atoms with Gasteiger partial charge in [0.15, 0.2) is 0 Å². The maximum Gasteiger partial charge on any atom is 0.247 e. The molecule has 1 amide bonds. The Morgan fingerprint density at radius 1 is 1.19 bits per heavy atom. The van der Waals surface area contributed by atoms with Crippen LogP contribution in [0.2, 0.25) is 0 Å². The predicted molar refractivity (Wildman–Crippen MR) is 108 cm³/mol. The van der Waals surface area contributed by atoms with Crippen molar-refractivity contribution in [3.05, 3.63) is 70.2 Å². The second-order valence-corrected chi connectivity index (χ2v) is 7.36. The molecule has 136 valence electrons. The van der Waals surface area contributed by atoms with Gasteiger partial charge in [-0.25, -0.2) is 0 Å². The first-order valence-corrected chi connectivity index (χ1v) is 9.43. The summed E-state index contributed by atoms with van der Waals surface area (Å²) in [5.41, 5.74) is 2.04. The van der Waals surface area contributed by atoms with Crippen molar-refractivity contribution in [3.8, 4) is 5.75 Å². The molecule has 1 atom stereocenters. The van der Waals surface area contributed by atoms with Gasteiger partial charge in [0.1, 0.15) is 5.75 Å². The molecule has 1 saturated heterocycles. The largest absolute Gasteiger partial charge is 0.496 e. The van der Waals surface area contributed by atoms with Crippen LogP contribution < -0.4 is 4.74 Å². The zero-order valence-electron chi connectivity index (χ0n) is 15.1. The Labute approximate surface area is 163 Å². The molecule has 3 rings (SSSR count). The summed E-state index contributed by atoms with van der Waals surface area (Å²) in [5, 5.41) is 0. The van der Waals surface area contributed by atoms with Gasteiger partial charge in [0, 0.05) is 35.7 Å². The number of methoxy groups -OCH3 is 1. The van der Waals surface area contributed by atoms with E-state index in [0.29, 0.717) is 0 Å². The molecule has 0 bridgehead atoms. The zero-order chi connectivity index (χ0) is 18.5. The van der Waals surface area contributed by atoms with E-state index >= 15 is 0 Å². The molecule has 0 spiro atoms. The third-order valence-corrected chi connectivity index (χ3v) is 5.14. The topological polar surface area (TPSA) is 32.8 Å². The van der Waals surface area contributed by atoms with E-state index in [1.54, 1.807) is 13.2 Å². The molecule has 2 aromatic rings. The molecular weight excluding hydrogens is 392 g/mol. The number of carbonyl (C=O) groups excluding carboxylic acids is 1. The molecule has 4 nitrogen and oxygen atoms in total. The third kappa shape index (κ3) is 4.34. The minimum absolute atomic E-state index is 0.0222. The molecule has 0 unspecified atom stereocenters. The average molecular weight is 415 g/mol. The first-order chi connectivity index (χ1) is 12.6. The van der Waals surface area contributed by atoms with Gasteiger partial charge < -0.3 is 14.5 Å². The highest BCUT2D eigenvalue weighted by Gasteiger charge is 2.28. The van der Waals surface area contributed by atoms with Crippen molar-refractivity contribution in [2.24, 2.45) is 0 Å². The van der Waals surface area contributed by atoms with Gasteiger partial charge in [-0.15, -0.1) is 0 Å². The Hall–Kier alpha value is -2.11. The number of carbonyl (C=O) groups is 1. The third-order valence-electron chi connectivity index (χ3n) is 4.65. The molecule has 26 heavy (non-hydrogen) atoms. The summed E-state index contributed by atoms with van der Waals surface area (Å²) >= 11 is 3.47. The summed E-state index contributed by atoms with van der Waals surface area (Å²) in [4.78, 5) is 17.1. The van der Waals surface area contributed by atoms with Gasteiger partial charge in [0.05, 0.1) is 13.2 Å². The van der Waals surface area contributed by atoms with E-state index < -0.39 is 0 Å². The van der Waals surface area contributed by atoms with Gasteiger partial charge in [-0.2, -0.15) is 0 Å². The summed E-state index contributed by atoms with van der Waals surface area (Å²) in [5.74, 6) is 0.768. The highest BCUT2D eigenvalue weighted by molar-refractivity contribution is 9.10. The molecule has 0 aliphatic carbocycles. The van der Waals surface area contributed by atoms with Gasteiger partial charge >= 0.3 is 0 Å². The van der Waals surface area contributed by atoms with Crippen molar-refractivity contribution in [2.45, 2.75) is 6.04 Å². The summed E-state index contributed by atoms with van der Waals surface area (Å²) in [6.45, 7) is 2.43. The summed E-state index contributed by atoms with van der Waals surface area (Å²) in [6.07, 6.45) is 3.47. The molecule has 0 aromatic heterocycles. The Morgan fingerprint density at radius 2 is 1.96 bits per heavy atom. The number of hydrogen-bond donors (Lipinski definition) is 0. The smallest absolute Gasteiger partial charge is 0.247 e. The molecule has 1 fully saturated rings. The highest BCUT2D eigenvalue weighted by Crippen LogP contribution is 2.27. The Balaban J connectivity index is 1.82. The minimum atomic E-state index is 0.0222. The summed E-state index contributed by atoms with van der Waals surface area (Å²) < 4.78 is 6.33.